The van der Waals surface area contributed by atoms with E-state index in [9.17, 15) is 18.0 Å². The molecule has 128 valence electrons. The Morgan fingerprint density at radius 3 is 2.29 bits per heavy atom. The van der Waals surface area contributed by atoms with Crippen LogP contribution in [0.4, 0.5) is 0 Å². The third-order valence-corrected chi connectivity index (χ3v) is 6.00. The molecule has 0 bridgehead atoms. The van der Waals surface area contributed by atoms with Gasteiger partial charge in [-0.2, -0.15) is 0 Å². The molecule has 0 aliphatic carbocycles. The molecule has 1 fully saturated rings. The molecule has 7 nitrogen and oxygen atoms in total. The van der Waals surface area contributed by atoms with Gasteiger partial charge in [-0.25, -0.2) is 18.0 Å². The normalized spacial score (nSPS) is 21.0. The van der Waals surface area contributed by atoms with Crippen molar-refractivity contribution in [3.8, 4) is 0 Å². The van der Waals surface area contributed by atoms with Crippen molar-refractivity contribution < 1.29 is 22.7 Å². The van der Waals surface area contributed by atoms with E-state index < -0.39 is 32.2 Å². The van der Waals surface area contributed by atoms with Crippen LogP contribution < -0.4 is 11.1 Å². The van der Waals surface area contributed by atoms with Gasteiger partial charge in [-0.1, -0.05) is 18.2 Å². The number of hydrogen-bond donors (Lipinski definition) is 2. The zero-order valence-corrected chi connectivity index (χ0v) is 13.9. The standard InChI is InChI=1S/C15H20N2O5S.Na.H/c1-14(2,16)12(18)22-13(19)15(9-6-10-17-15)23(20,21)11-7-4-3-5-8-11;;/h3-5,7-8,17H,6,9-10,16H2,1-2H3;;/t15-;;/m1../s1. The Bertz CT molecular complexity index is 707. The molecule has 0 unspecified atom stereocenters. The molecule has 2 rings (SSSR count). The van der Waals surface area contributed by atoms with E-state index >= 15 is 0 Å². The summed E-state index contributed by atoms with van der Waals surface area (Å²) in [5.74, 6) is -2.11. The van der Waals surface area contributed by atoms with Gasteiger partial charge < -0.3 is 10.5 Å². The predicted octanol–water partition coefficient (Wildman–Crippen LogP) is -0.301. The summed E-state index contributed by atoms with van der Waals surface area (Å²) in [6, 6.07) is 7.61. The Labute approximate surface area is 163 Å². The fraction of sp³-hybridized carbons (Fsp3) is 0.467. The van der Waals surface area contributed by atoms with Gasteiger partial charge in [0.1, 0.15) is 5.54 Å². The summed E-state index contributed by atoms with van der Waals surface area (Å²) in [7, 11) is -4.07. The molecule has 1 atom stereocenters. The van der Waals surface area contributed by atoms with E-state index in [1.54, 1.807) is 18.2 Å². The molecular weight excluding hydrogens is 343 g/mol. The summed E-state index contributed by atoms with van der Waals surface area (Å²) < 4.78 is 30.6. The van der Waals surface area contributed by atoms with Crippen molar-refractivity contribution in [1.29, 1.82) is 0 Å². The number of hydrogen-bond acceptors (Lipinski definition) is 7. The average Bonchev–Trinajstić information content (AvgIpc) is 2.98. The van der Waals surface area contributed by atoms with Crippen LogP contribution in [0.25, 0.3) is 0 Å². The number of sulfone groups is 1. The summed E-state index contributed by atoms with van der Waals surface area (Å²) in [5, 5.41) is 2.71. The van der Waals surface area contributed by atoms with Gasteiger partial charge in [-0.05, 0) is 45.4 Å². The van der Waals surface area contributed by atoms with Crippen LogP contribution in [-0.2, 0) is 24.2 Å². The van der Waals surface area contributed by atoms with Crippen LogP contribution in [0.5, 0.6) is 0 Å². The van der Waals surface area contributed by atoms with Crippen LogP contribution in [0.3, 0.4) is 0 Å². The van der Waals surface area contributed by atoms with Gasteiger partial charge in [-0.15, -0.1) is 0 Å². The van der Waals surface area contributed by atoms with Crippen molar-refractivity contribution in [3.63, 3.8) is 0 Å². The quantitative estimate of drug-likeness (QED) is 0.428. The molecule has 1 aliphatic heterocycles. The van der Waals surface area contributed by atoms with Crippen molar-refractivity contribution in [2.45, 2.75) is 42.0 Å². The Morgan fingerprint density at radius 1 is 1.25 bits per heavy atom. The van der Waals surface area contributed by atoms with Gasteiger partial charge in [0.2, 0.25) is 14.7 Å². The molecule has 1 aromatic rings. The molecule has 0 spiro atoms. The first-order chi connectivity index (χ1) is 10.6. The molecule has 3 N–H and O–H groups in total. The molecule has 1 heterocycles. The number of benzene rings is 1. The fourth-order valence-corrected chi connectivity index (χ4v) is 4.21. The monoisotopic (exact) mass is 364 g/mol. The van der Waals surface area contributed by atoms with E-state index in [2.05, 4.69) is 5.32 Å². The number of nitrogens with two attached hydrogens (primary N) is 1. The average molecular weight is 364 g/mol. The van der Waals surface area contributed by atoms with Crippen LogP contribution in [0, 0.1) is 0 Å². The molecule has 1 saturated heterocycles. The number of carbonyl (C=O) groups is 2. The second kappa shape index (κ2) is 7.63. The Balaban J connectivity index is 0.00000288. The van der Waals surface area contributed by atoms with Crippen molar-refractivity contribution >= 4 is 51.3 Å². The number of esters is 2. The summed E-state index contributed by atoms with van der Waals surface area (Å²) >= 11 is 0. The number of rotatable bonds is 4. The van der Waals surface area contributed by atoms with Crippen LogP contribution in [-0.4, -0.2) is 66.9 Å². The molecule has 0 aromatic heterocycles. The van der Waals surface area contributed by atoms with E-state index in [-0.39, 0.29) is 40.9 Å². The van der Waals surface area contributed by atoms with Crippen molar-refractivity contribution in [2.75, 3.05) is 6.54 Å². The topological polar surface area (TPSA) is 116 Å². The molecule has 0 saturated carbocycles. The molecule has 1 aromatic carbocycles. The molecule has 1 aliphatic rings. The van der Waals surface area contributed by atoms with Gasteiger partial charge in [0.05, 0.1) is 4.90 Å². The molecule has 0 amide bonds. The van der Waals surface area contributed by atoms with Gasteiger partial charge in [0.25, 0.3) is 0 Å². The van der Waals surface area contributed by atoms with E-state index in [1.165, 1.54) is 26.0 Å². The summed E-state index contributed by atoms with van der Waals surface area (Å²) in [4.78, 5) is 22.4. The first-order valence-corrected chi connectivity index (χ1v) is 8.70. The van der Waals surface area contributed by atoms with E-state index in [0.717, 1.165) is 0 Å². The number of nitrogens with one attached hydrogen (secondary N) is 1. The minimum atomic E-state index is -4.07. The second-order valence-electron chi connectivity index (χ2n) is 6.07. The Hall–Kier alpha value is -0.770. The third-order valence-electron chi connectivity index (χ3n) is 3.67. The molecule has 24 heavy (non-hydrogen) atoms. The van der Waals surface area contributed by atoms with Crippen LogP contribution in [0.15, 0.2) is 35.2 Å². The van der Waals surface area contributed by atoms with Crippen molar-refractivity contribution in [3.05, 3.63) is 30.3 Å². The minimum absolute atomic E-state index is 0. The maximum atomic E-state index is 12.9. The summed E-state index contributed by atoms with van der Waals surface area (Å²) in [6.07, 6.45) is 0.503. The molecular formula is C15H21N2NaO5S. The zero-order chi connectivity index (χ0) is 17.3. The second-order valence-corrected chi connectivity index (χ2v) is 8.25. The van der Waals surface area contributed by atoms with Gasteiger partial charge >= 0.3 is 41.5 Å². The maximum absolute atomic E-state index is 12.9. The first-order valence-electron chi connectivity index (χ1n) is 7.21. The fourth-order valence-electron chi connectivity index (χ4n) is 2.33. The van der Waals surface area contributed by atoms with E-state index in [4.69, 9.17) is 10.5 Å². The first kappa shape index (κ1) is 21.3. The molecule has 9 heteroatoms. The number of ether oxygens (including phenoxy) is 1. The van der Waals surface area contributed by atoms with Crippen molar-refractivity contribution in [1.82, 2.24) is 5.32 Å². The van der Waals surface area contributed by atoms with Gasteiger partial charge in [-0.3, -0.25) is 5.32 Å². The predicted molar refractivity (Wildman–Crippen MR) is 90.1 cm³/mol. The zero-order valence-electron chi connectivity index (χ0n) is 13.0. The van der Waals surface area contributed by atoms with Gasteiger partial charge in [0.15, 0.2) is 0 Å². The van der Waals surface area contributed by atoms with Crippen LogP contribution in [0.1, 0.15) is 26.7 Å². The summed E-state index contributed by atoms with van der Waals surface area (Å²) in [5.41, 5.74) is 4.20. The van der Waals surface area contributed by atoms with Crippen LogP contribution >= 0.6 is 0 Å². The van der Waals surface area contributed by atoms with Crippen molar-refractivity contribution in [2.24, 2.45) is 5.73 Å². The Morgan fingerprint density at radius 2 is 1.83 bits per heavy atom. The van der Waals surface area contributed by atoms with Gasteiger partial charge in [0, 0.05) is 0 Å². The summed E-state index contributed by atoms with van der Waals surface area (Å²) in [6.45, 7) is 3.09. The SMILES string of the molecule is CC(C)(N)C(=O)OC(=O)[C@]1(S(=O)(=O)c2ccccc2)CCCN1.[NaH]. The molecule has 0 radical (unpaired) electrons. The Kier molecular flexibility index (Phi) is 6.77. The van der Waals surface area contributed by atoms with E-state index in [0.29, 0.717) is 13.0 Å². The number of carbonyl (C=O) groups excluding carboxylic acids is 2. The van der Waals surface area contributed by atoms with E-state index in [1.807, 2.05) is 0 Å². The third kappa shape index (κ3) is 3.89. The van der Waals surface area contributed by atoms with Crippen LogP contribution in [0.2, 0.25) is 0 Å².